The second kappa shape index (κ2) is 8.48. The fourth-order valence-corrected chi connectivity index (χ4v) is 3.69. The summed E-state index contributed by atoms with van der Waals surface area (Å²) in [5.74, 6) is 2.44. The van der Waals surface area contributed by atoms with Crippen LogP contribution in [-0.4, -0.2) is 33.0 Å². The Labute approximate surface area is 168 Å². The van der Waals surface area contributed by atoms with Crippen molar-refractivity contribution in [3.8, 4) is 11.4 Å². The molecule has 1 amide bonds. The van der Waals surface area contributed by atoms with E-state index in [2.05, 4.69) is 20.1 Å². The van der Waals surface area contributed by atoms with Crippen molar-refractivity contribution >= 4 is 23.4 Å². The van der Waals surface area contributed by atoms with Gasteiger partial charge in [-0.3, -0.25) is 9.36 Å². The lowest BCUT2D eigenvalue weighted by Crippen LogP contribution is -2.14. The van der Waals surface area contributed by atoms with Crippen molar-refractivity contribution in [2.45, 2.75) is 30.8 Å². The molecule has 28 heavy (non-hydrogen) atoms. The van der Waals surface area contributed by atoms with Crippen molar-refractivity contribution in [2.24, 2.45) is 0 Å². The fraction of sp³-hybridized carbons (Fsp3) is 0.286. The fourth-order valence-electron chi connectivity index (χ4n) is 2.93. The van der Waals surface area contributed by atoms with Crippen molar-refractivity contribution < 1.29 is 9.53 Å². The minimum atomic E-state index is -0.0789. The molecule has 6 nitrogen and oxygen atoms in total. The van der Waals surface area contributed by atoms with Gasteiger partial charge in [-0.05, 0) is 56.2 Å². The molecule has 1 N–H and O–H groups in total. The van der Waals surface area contributed by atoms with E-state index in [1.165, 1.54) is 11.8 Å². The number of nitrogens with zero attached hydrogens (tertiary/aromatic N) is 3. The average Bonchev–Trinajstić information content (AvgIpc) is 3.48. The number of anilines is 1. The quantitative estimate of drug-likeness (QED) is 0.578. The highest BCUT2D eigenvalue weighted by Gasteiger charge is 2.31. The molecular formula is C21H22N4O2S. The number of amides is 1. The first-order valence-electron chi connectivity index (χ1n) is 9.41. The van der Waals surface area contributed by atoms with E-state index in [1.54, 1.807) is 0 Å². The van der Waals surface area contributed by atoms with E-state index in [-0.39, 0.29) is 11.7 Å². The number of thioether (sulfide) groups is 1. The summed E-state index contributed by atoms with van der Waals surface area (Å²) in [4.78, 5) is 12.4. The molecule has 0 bridgehead atoms. The van der Waals surface area contributed by atoms with E-state index in [1.807, 2.05) is 61.5 Å². The predicted octanol–water partition coefficient (Wildman–Crippen LogP) is 4.27. The summed E-state index contributed by atoms with van der Waals surface area (Å²) in [6.45, 7) is 2.56. The van der Waals surface area contributed by atoms with Crippen LogP contribution in [0.25, 0.3) is 5.69 Å². The van der Waals surface area contributed by atoms with Crippen LogP contribution < -0.4 is 10.1 Å². The van der Waals surface area contributed by atoms with E-state index in [9.17, 15) is 4.79 Å². The molecule has 1 aliphatic carbocycles. The monoisotopic (exact) mass is 394 g/mol. The first-order chi connectivity index (χ1) is 13.7. The molecule has 0 radical (unpaired) electrons. The SMILES string of the molecule is CCOc1ccc(NC(=O)CSc2nnc(C3CC3)n2-c2ccccc2)cc1. The summed E-state index contributed by atoms with van der Waals surface area (Å²) in [6.07, 6.45) is 2.29. The molecule has 2 aromatic carbocycles. The Morgan fingerprint density at radius 2 is 1.89 bits per heavy atom. The molecule has 1 fully saturated rings. The summed E-state index contributed by atoms with van der Waals surface area (Å²) in [6, 6.07) is 17.4. The number of benzene rings is 2. The van der Waals surface area contributed by atoms with Crippen LogP contribution in [0.4, 0.5) is 5.69 Å². The number of ether oxygens (including phenoxy) is 1. The van der Waals surface area contributed by atoms with Crippen LogP contribution in [0.1, 0.15) is 31.5 Å². The minimum absolute atomic E-state index is 0.0789. The molecule has 0 saturated heterocycles. The Kier molecular flexibility index (Phi) is 5.62. The van der Waals surface area contributed by atoms with Gasteiger partial charge in [0.1, 0.15) is 11.6 Å². The maximum Gasteiger partial charge on any atom is 0.234 e. The maximum absolute atomic E-state index is 12.4. The largest absolute Gasteiger partial charge is 0.494 e. The van der Waals surface area contributed by atoms with Crippen LogP contribution in [0.2, 0.25) is 0 Å². The number of rotatable bonds is 8. The first-order valence-corrected chi connectivity index (χ1v) is 10.4. The van der Waals surface area contributed by atoms with E-state index in [0.717, 1.165) is 40.9 Å². The van der Waals surface area contributed by atoms with Crippen LogP contribution in [0, 0.1) is 0 Å². The number of hydrogen-bond donors (Lipinski definition) is 1. The smallest absolute Gasteiger partial charge is 0.234 e. The van der Waals surface area contributed by atoms with E-state index >= 15 is 0 Å². The van der Waals surface area contributed by atoms with Crippen LogP contribution >= 0.6 is 11.8 Å². The molecule has 0 atom stereocenters. The minimum Gasteiger partial charge on any atom is -0.494 e. The van der Waals surface area contributed by atoms with E-state index < -0.39 is 0 Å². The zero-order valence-corrected chi connectivity index (χ0v) is 16.5. The van der Waals surface area contributed by atoms with Crippen LogP contribution in [0.15, 0.2) is 59.8 Å². The molecule has 1 saturated carbocycles. The molecule has 144 valence electrons. The van der Waals surface area contributed by atoms with Gasteiger partial charge >= 0.3 is 0 Å². The zero-order valence-electron chi connectivity index (χ0n) is 15.7. The lowest BCUT2D eigenvalue weighted by Gasteiger charge is -2.10. The third kappa shape index (κ3) is 4.36. The summed E-state index contributed by atoms with van der Waals surface area (Å²) < 4.78 is 7.49. The standard InChI is InChI=1S/C21H22N4O2S/c1-2-27-18-12-10-16(11-13-18)22-19(26)14-28-21-24-23-20(15-8-9-15)25(21)17-6-4-3-5-7-17/h3-7,10-13,15H,2,8-9,14H2,1H3,(H,22,26). The Morgan fingerprint density at radius 1 is 1.14 bits per heavy atom. The number of hydrogen-bond acceptors (Lipinski definition) is 5. The molecule has 7 heteroatoms. The highest BCUT2D eigenvalue weighted by molar-refractivity contribution is 7.99. The molecule has 0 spiro atoms. The summed E-state index contributed by atoms with van der Waals surface area (Å²) in [5, 5.41) is 12.4. The molecule has 1 heterocycles. The molecule has 1 aliphatic rings. The summed E-state index contributed by atoms with van der Waals surface area (Å²) >= 11 is 1.40. The van der Waals surface area contributed by atoms with Crippen molar-refractivity contribution in [2.75, 3.05) is 17.7 Å². The second-order valence-corrected chi connectivity index (χ2v) is 7.52. The van der Waals surface area contributed by atoms with E-state index in [0.29, 0.717) is 12.5 Å². The van der Waals surface area contributed by atoms with Gasteiger partial charge < -0.3 is 10.1 Å². The Morgan fingerprint density at radius 3 is 2.57 bits per heavy atom. The van der Waals surface area contributed by atoms with Gasteiger partial charge in [-0.15, -0.1) is 10.2 Å². The highest BCUT2D eigenvalue weighted by Crippen LogP contribution is 2.41. The lowest BCUT2D eigenvalue weighted by molar-refractivity contribution is -0.113. The number of carbonyl (C=O) groups excluding carboxylic acids is 1. The topological polar surface area (TPSA) is 69.0 Å². The van der Waals surface area contributed by atoms with E-state index in [4.69, 9.17) is 4.74 Å². The first kappa shape index (κ1) is 18.6. The van der Waals surface area contributed by atoms with Crippen molar-refractivity contribution in [1.82, 2.24) is 14.8 Å². The molecule has 4 rings (SSSR count). The van der Waals surface area contributed by atoms with Gasteiger partial charge in [0.2, 0.25) is 5.91 Å². The van der Waals surface area contributed by atoms with Gasteiger partial charge in [-0.2, -0.15) is 0 Å². The third-order valence-electron chi connectivity index (χ3n) is 4.40. The Hall–Kier alpha value is -2.80. The molecule has 0 unspecified atom stereocenters. The molecule has 0 aliphatic heterocycles. The van der Waals surface area contributed by atoms with Crippen LogP contribution in [-0.2, 0) is 4.79 Å². The number of aromatic nitrogens is 3. The van der Waals surface area contributed by atoms with Gasteiger partial charge in [0.15, 0.2) is 5.16 Å². The van der Waals surface area contributed by atoms with Crippen molar-refractivity contribution in [3.05, 3.63) is 60.4 Å². The Bertz CT molecular complexity index is 937. The molecular weight excluding hydrogens is 372 g/mol. The summed E-state index contributed by atoms with van der Waals surface area (Å²) in [5.41, 5.74) is 1.78. The van der Waals surface area contributed by atoms with Crippen LogP contribution in [0.5, 0.6) is 5.75 Å². The second-order valence-electron chi connectivity index (χ2n) is 6.58. The van der Waals surface area contributed by atoms with Gasteiger partial charge in [-0.1, -0.05) is 30.0 Å². The third-order valence-corrected chi connectivity index (χ3v) is 5.33. The normalized spacial score (nSPS) is 13.3. The maximum atomic E-state index is 12.4. The Balaban J connectivity index is 1.42. The number of carbonyl (C=O) groups is 1. The van der Waals surface area contributed by atoms with Gasteiger partial charge in [0.25, 0.3) is 0 Å². The van der Waals surface area contributed by atoms with Gasteiger partial charge in [0, 0.05) is 17.3 Å². The molecule has 1 aromatic heterocycles. The van der Waals surface area contributed by atoms with Crippen molar-refractivity contribution in [1.29, 1.82) is 0 Å². The predicted molar refractivity (Wildman–Crippen MR) is 110 cm³/mol. The number of para-hydroxylation sites is 1. The molecule has 3 aromatic rings. The van der Waals surface area contributed by atoms with Gasteiger partial charge in [0.05, 0.1) is 12.4 Å². The average molecular weight is 395 g/mol. The summed E-state index contributed by atoms with van der Waals surface area (Å²) in [7, 11) is 0. The lowest BCUT2D eigenvalue weighted by atomic mass is 10.3. The van der Waals surface area contributed by atoms with Gasteiger partial charge in [-0.25, -0.2) is 0 Å². The van der Waals surface area contributed by atoms with Crippen LogP contribution in [0.3, 0.4) is 0 Å². The number of nitrogens with one attached hydrogen (secondary N) is 1. The highest BCUT2D eigenvalue weighted by atomic mass is 32.2. The zero-order chi connectivity index (χ0) is 19.3. The van der Waals surface area contributed by atoms with Crippen molar-refractivity contribution in [3.63, 3.8) is 0 Å².